The summed E-state index contributed by atoms with van der Waals surface area (Å²) in [7, 11) is 3.40. The summed E-state index contributed by atoms with van der Waals surface area (Å²) in [6, 6.07) is 0.252. The molecule has 1 aliphatic heterocycles. The third kappa shape index (κ3) is 3.81. The van der Waals surface area contributed by atoms with Gasteiger partial charge in [-0.05, 0) is 25.7 Å². The molecule has 3 N–H and O–H groups in total. The Labute approximate surface area is 136 Å². The monoisotopic (exact) mass is 322 g/mol. The molecule has 0 radical (unpaired) electrons. The summed E-state index contributed by atoms with van der Waals surface area (Å²) in [5.74, 6) is 2.48. The Morgan fingerprint density at radius 1 is 1.52 bits per heavy atom. The summed E-state index contributed by atoms with van der Waals surface area (Å²) in [4.78, 5) is 8.73. The molecular formula is C15H26N6O2. The van der Waals surface area contributed by atoms with Crippen LogP contribution in [-0.4, -0.2) is 58.2 Å². The molecule has 1 atom stereocenters. The van der Waals surface area contributed by atoms with Crippen molar-refractivity contribution in [3.05, 3.63) is 11.6 Å². The summed E-state index contributed by atoms with van der Waals surface area (Å²) in [6.45, 7) is 1.75. The molecule has 0 saturated heterocycles. The number of fused-ring (bicyclic) bond motifs is 1. The van der Waals surface area contributed by atoms with Crippen molar-refractivity contribution < 1.29 is 9.84 Å². The van der Waals surface area contributed by atoms with E-state index in [4.69, 9.17) is 4.74 Å². The fraction of sp³-hybridized carbons (Fsp3) is 0.800. The second-order valence-corrected chi connectivity index (χ2v) is 6.44. The van der Waals surface area contributed by atoms with Gasteiger partial charge in [0, 0.05) is 33.2 Å². The molecule has 128 valence electrons. The molecule has 1 aliphatic carbocycles. The van der Waals surface area contributed by atoms with Gasteiger partial charge in [0.25, 0.3) is 0 Å². The van der Waals surface area contributed by atoms with E-state index >= 15 is 0 Å². The van der Waals surface area contributed by atoms with Crippen LogP contribution in [0.15, 0.2) is 4.99 Å². The second kappa shape index (κ2) is 6.84. The lowest BCUT2D eigenvalue weighted by molar-refractivity contribution is -0.0279. The first-order valence-electron chi connectivity index (χ1n) is 8.23. The van der Waals surface area contributed by atoms with Crippen LogP contribution in [0.4, 0.5) is 0 Å². The molecule has 0 spiro atoms. The van der Waals surface area contributed by atoms with Gasteiger partial charge in [-0.25, -0.2) is 9.67 Å². The molecule has 1 aromatic rings. The smallest absolute Gasteiger partial charge is 0.191 e. The van der Waals surface area contributed by atoms with Gasteiger partial charge >= 0.3 is 0 Å². The first kappa shape index (κ1) is 16.2. The maximum atomic E-state index is 10.2. The van der Waals surface area contributed by atoms with E-state index in [-0.39, 0.29) is 6.04 Å². The van der Waals surface area contributed by atoms with E-state index < -0.39 is 5.60 Å². The molecule has 1 unspecified atom stereocenters. The molecule has 1 fully saturated rings. The molecule has 8 heteroatoms. The molecule has 1 aromatic heterocycles. The molecule has 3 rings (SSSR count). The number of aliphatic imine (C=N–C) groups is 1. The van der Waals surface area contributed by atoms with Gasteiger partial charge in [-0.1, -0.05) is 0 Å². The van der Waals surface area contributed by atoms with Crippen LogP contribution in [-0.2, 0) is 24.3 Å². The maximum Gasteiger partial charge on any atom is 0.191 e. The first-order valence-corrected chi connectivity index (χ1v) is 8.23. The van der Waals surface area contributed by atoms with Crippen LogP contribution in [0.25, 0.3) is 0 Å². The highest BCUT2D eigenvalue weighted by molar-refractivity contribution is 5.80. The standard InChI is InChI=1S/C15H26N6O2/c1-16-14(17-10-15(22)6-3-7-15)18-11-4-5-13-19-12(9-23-2)20-21(13)8-11/h11,22H,3-10H2,1-2H3,(H2,16,17,18). The lowest BCUT2D eigenvalue weighted by Gasteiger charge is -2.37. The number of hydrogen-bond acceptors (Lipinski definition) is 5. The van der Waals surface area contributed by atoms with E-state index in [1.165, 1.54) is 0 Å². The van der Waals surface area contributed by atoms with Gasteiger partial charge in [0.1, 0.15) is 12.4 Å². The van der Waals surface area contributed by atoms with Gasteiger partial charge in [0.15, 0.2) is 11.8 Å². The van der Waals surface area contributed by atoms with Crippen LogP contribution in [0.5, 0.6) is 0 Å². The third-order valence-electron chi connectivity index (χ3n) is 4.61. The maximum absolute atomic E-state index is 10.2. The van der Waals surface area contributed by atoms with Crippen molar-refractivity contribution >= 4 is 5.96 Å². The SMILES string of the molecule is CN=C(NCC1(O)CCC1)NC1CCc2nc(COC)nn2C1. The van der Waals surface area contributed by atoms with Gasteiger partial charge < -0.3 is 20.5 Å². The summed E-state index contributed by atoms with van der Waals surface area (Å²) in [5.41, 5.74) is -0.557. The van der Waals surface area contributed by atoms with Crippen molar-refractivity contribution in [1.82, 2.24) is 25.4 Å². The summed E-state index contributed by atoms with van der Waals surface area (Å²) >= 11 is 0. The number of ether oxygens (including phenoxy) is 1. The van der Waals surface area contributed by atoms with E-state index in [2.05, 4.69) is 25.7 Å². The fourth-order valence-corrected chi connectivity index (χ4v) is 3.07. The minimum absolute atomic E-state index is 0.252. The van der Waals surface area contributed by atoms with Crippen molar-refractivity contribution in [2.24, 2.45) is 4.99 Å². The van der Waals surface area contributed by atoms with Crippen LogP contribution >= 0.6 is 0 Å². The quantitative estimate of drug-likeness (QED) is 0.514. The van der Waals surface area contributed by atoms with Crippen molar-refractivity contribution in [1.29, 1.82) is 0 Å². The predicted molar refractivity (Wildman–Crippen MR) is 86.1 cm³/mol. The molecule has 0 aromatic carbocycles. The second-order valence-electron chi connectivity index (χ2n) is 6.44. The molecule has 0 bridgehead atoms. The number of hydrogen-bond donors (Lipinski definition) is 3. The highest BCUT2D eigenvalue weighted by atomic mass is 16.5. The molecule has 1 saturated carbocycles. The predicted octanol–water partition coefficient (Wildman–Crippen LogP) is -0.181. The summed E-state index contributed by atoms with van der Waals surface area (Å²) in [6.07, 6.45) is 4.70. The minimum atomic E-state index is -0.557. The number of guanidine groups is 1. The Hall–Kier alpha value is -1.67. The zero-order valence-corrected chi connectivity index (χ0v) is 13.9. The van der Waals surface area contributed by atoms with Gasteiger partial charge in [-0.3, -0.25) is 4.99 Å². The van der Waals surface area contributed by atoms with E-state index in [0.717, 1.165) is 56.3 Å². The van der Waals surface area contributed by atoms with Crippen LogP contribution in [0.3, 0.4) is 0 Å². The topological polar surface area (TPSA) is 96.6 Å². The minimum Gasteiger partial charge on any atom is -0.388 e. The van der Waals surface area contributed by atoms with E-state index in [1.54, 1.807) is 14.2 Å². The van der Waals surface area contributed by atoms with Gasteiger partial charge in [-0.15, -0.1) is 0 Å². The van der Waals surface area contributed by atoms with E-state index in [0.29, 0.717) is 13.2 Å². The Balaban J connectivity index is 1.53. The van der Waals surface area contributed by atoms with Crippen molar-refractivity contribution in [3.63, 3.8) is 0 Å². The molecule has 8 nitrogen and oxygen atoms in total. The van der Waals surface area contributed by atoms with E-state index in [1.807, 2.05) is 4.68 Å². The molecule has 0 amide bonds. The van der Waals surface area contributed by atoms with Gasteiger partial charge in [0.05, 0.1) is 12.1 Å². The van der Waals surface area contributed by atoms with Gasteiger partial charge in [0.2, 0.25) is 0 Å². The lowest BCUT2D eigenvalue weighted by Crippen LogP contribution is -2.53. The molecule has 2 heterocycles. The van der Waals surface area contributed by atoms with Crippen LogP contribution in [0.1, 0.15) is 37.3 Å². The van der Waals surface area contributed by atoms with Crippen molar-refractivity contribution in [3.8, 4) is 0 Å². The average molecular weight is 322 g/mol. The number of nitrogens with zero attached hydrogens (tertiary/aromatic N) is 4. The van der Waals surface area contributed by atoms with Crippen molar-refractivity contribution in [2.45, 2.75) is 56.9 Å². The Morgan fingerprint density at radius 2 is 2.35 bits per heavy atom. The zero-order chi connectivity index (χ0) is 16.3. The Bertz CT molecular complexity index is 566. The van der Waals surface area contributed by atoms with Crippen LogP contribution in [0.2, 0.25) is 0 Å². The zero-order valence-electron chi connectivity index (χ0n) is 13.9. The first-order chi connectivity index (χ1) is 11.1. The van der Waals surface area contributed by atoms with Crippen LogP contribution < -0.4 is 10.6 Å². The molecular weight excluding hydrogens is 296 g/mol. The summed E-state index contributed by atoms with van der Waals surface area (Å²) in [5, 5.41) is 21.3. The molecule has 23 heavy (non-hydrogen) atoms. The fourth-order valence-electron chi connectivity index (χ4n) is 3.07. The van der Waals surface area contributed by atoms with Crippen LogP contribution in [0, 0.1) is 0 Å². The van der Waals surface area contributed by atoms with Crippen molar-refractivity contribution in [2.75, 3.05) is 20.7 Å². The van der Waals surface area contributed by atoms with Gasteiger partial charge in [-0.2, -0.15) is 5.10 Å². The lowest BCUT2D eigenvalue weighted by atomic mass is 9.80. The normalized spacial score (nSPS) is 23.1. The highest BCUT2D eigenvalue weighted by Gasteiger charge is 2.34. The number of methoxy groups -OCH3 is 1. The number of rotatable bonds is 5. The average Bonchev–Trinajstić information content (AvgIpc) is 2.91. The number of aliphatic hydroxyl groups is 1. The highest BCUT2D eigenvalue weighted by Crippen LogP contribution is 2.30. The van der Waals surface area contributed by atoms with E-state index in [9.17, 15) is 5.11 Å². The Kier molecular flexibility index (Phi) is 4.82. The number of aryl methyl sites for hydroxylation is 1. The number of nitrogens with one attached hydrogen (secondary N) is 2. The Morgan fingerprint density at radius 3 is 3.00 bits per heavy atom. The molecule has 2 aliphatic rings. The summed E-state index contributed by atoms with van der Waals surface area (Å²) < 4.78 is 7.03. The third-order valence-corrected chi connectivity index (χ3v) is 4.61. The largest absolute Gasteiger partial charge is 0.388 e. The number of aromatic nitrogens is 3.